The summed E-state index contributed by atoms with van der Waals surface area (Å²) in [5.74, 6) is 0. The third-order valence-electron chi connectivity index (χ3n) is 2.75. The highest BCUT2D eigenvalue weighted by molar-refractivity contribution is 7.99. The number of hydrogen-bond donors (Lipinski definition) is 1. The van der Waals surface area contributed by atoms with Crippen LogP contribution in [0.2, 0.25) is 0 Å². The van der Waals surface area contributed by atoms with Crippen LogP contribution in [0.4, 0.5) is 0 Å². The molecule has 0 amide bonds. The van der Waals surface area contributed by atoms with Crippen molar-refractivity contribution in [2.75, 3.05) is 6.54 Å². The smallest absolute Gasteiger partial charge is 0.0972 e. The van der Waals surface area contributed by atoms with Gasteiger partial charge in [0.25, 0.3) is 0 Å². The maximum absolute atomic E-state index is 5.91. The molecule has 0 aliphatic heterocycles. The molecule has 0 bridgehead atoms. The molecular weight excluding hydrogens is 260 g/mol. The SMILES string of the molecule is Cc1cc(C)nc(SC(CN)c2sccc2C)c1. The summed E-state index contributed by atoms with van der Waals surface area (Å²) in [6.07, 6.45) is 0. The lowest BCUT2D eigenvalue weighted by Gasteiger charge is -2.14. The van der Waals surface area contributed by atoms with Crippen molar-refractivity contribution in [3.8, 4) is 0 Å². The van der Waals surface area contributed by atoms with E-state index in [2.05, 4.69) is 42.4 Å². The molecule has 0 spiro atoms. The molecule has 1 unspecified atom stereocenters. The fourth-order valence-electron chi connectivity index (χ4n) is 1.93. The van der Waals surface area contributed by atoms with Crippen molar-refractivity contribution < 1.29 is 0 Å². The molecule has 0 aliphatic carbocycles. The van der Waals surface area contributed by atoms with E-state index in [-0.39, 0.29) is 0 Å². The minimum Gasteiger partial charge on any atom is -0.329 e. The van der Waals surface area contributed by atoms with Crippen LogP contribution in [0.1, 0.15) is 26.9 Å². The zero-order chi connectivity index (χ0) is 13.1. The Morgan fingerprint density at radius 3 is 2.67 bits per heavy atom. The lowest BCUT2D eigenvalue weighted by Crippen LogP contribution is -2.09. The molecule has 0 fully saturated rings. The third kappa shape index (κ3) is 3.13. The highest BCUT2D eigenvalue weighted by Crippen LogP contribution is 2.37. The number of nitrogens with zero attached hydrogens (tertiary/aromatic N) is 1. The van der Waals surface area contributed by atoms with Crippen molar-refractivity contribution in [2.45, 2.75) is 31.0 Å². The van der Waals surface area contributed by atoms with Gasteiger partial charge in [0.2, 0.25) is 0 Å². The maximum Gasteiger partial charge on any atom is 0.0972 e. The molecule has 4 heteroatoms. The van der Waals surface area contributed by atoms with Gasteiger partial charge in [-0.15, -0.1) is 11.3 Å². The Kier molecular flexibility index (Phi) is 4.43. The number of pyridine rings is 1. The number of rotatable bonds is 4. The Hall–Kier alpha value is -0.840. The van der Waals surface area contributed by atoms with Gasteiger partial charge in [0.1, 0.15) is 0 Å². The molecule has 0 saturated heterocycles. The van der Waals surface area contributed by atoms with Crippen molar-refractivity contribution in [2.24, 2.45) is 5.73 Å². The highest BCUT2D eigenvalue weighted by Gasteiger charge is 2.16. The zero-order valence-corrected chi connectivity index (χ0v) is 12.6. The first-order valence-corrected chi connectivity index (χ1v) is 7.72. The summed E-state index contributed by atoms with van der Waals surface area (Å²) in [5, 5.41) is 3.50. The van der Waals surface area contributed by atoms with E-state index in [1.165, 1.54) is 16.0 Å². The lowest BCUT2D eigenvalue weighted by atomic mass is 10.2. The summed E-state index contributed by atoms with van der Waals surface area (Å²) in [4.78, 5) is 5.94. The van der Waals surface area contributed by atoms with Gasteiger partial charge in [-0.05, 0) is 55.5 Å². The first kappa shape index (κ1) is 13.6. The summed E-state index contributed by atoms with van der Waals surface area (Å²) in [6, 6.07) is 6.37. The topological polar surface area (TPSA) is 38.9 Å². The molecule has 18 heavy (non-hydrogen) atoms. The van der Waals surface area contributed by atoms with Crippen LogP contribution in [0.5, 0.6) is 0 Å². The highest BCUT2D eigenvalue weighted by atomic mass is 32.2. The fourth-order valence-corrected chi connectivity index (χ4v) is 4.30. The molecule has 0 radical (unpaired) electrons. The Labute approximate surface area is 117 Å². The second-order valence-corrected chi connectivity index (χ2v) is 6.60. The average molecular weight is 278 g/mol. The molecule has 0 aliphatic rings. The molecule has 96 valence electrons. The normalized spacial score (nSPS) is 12.7. The molecule has 2 rings (SSSR count). The number of aromatic nitrogens is 1. The standard InChI is InChI=1S/C14H18N2S2/c1-9-6-11(3)16-13(7-9)18-12(8-15)14-10(2)4-5-17-14/h4-7,12H,8,15H2,1-3H3. The minimum atomic E-state index is 0.304. The second kappa shape index (κ2) is 5.87. The van der Waals surface area contributed by atoms with Gasteiger partial charge in [0, 0.05) is 17.1 Å². The molecule has 2 N–H and O–H groups in total. The van der Waals surface area contributed by atoms with Gasteiger partial charge >= 0.3 is 0 Å². The monoisotopic (exact) mass is 278 g/mol. The lowest BCUT2D eigenvalue weighted by molar-refractivity contribution is 0.941. The Morgan fingerprint density at radius 2 is 2.11 bits per heavy atom. The molecule has 1 atom stereocenters. The van der Waals surface area contributed by atoms with Crippen LogP contribution in [0, 0.1) is 20.8 Å². The fraction of sp³-hybridized carbons (Fsp3) is 0.357. The predicted octanol–water partition coefficient (Wildman–Crippen LogP) is 3.86. The first-order chi connectivity index (χ1) is 8.60. The molecule has 2 nitrogen and oxygen atoms in total. The Balaban J connectivity index is 2.23. The van der Waals surface area contributed by atoms with Crippen molar-refractivity contribution in [1.82, 2.24) is 4.98 Å². The number of thiophene rings is 1. The van der Waals surface area contributed by atoms with Crippen LogP contribution in [-0.4, -0.2) is 11.5 Å². The van der Waals surface area contributed by atoms with Gasteiger partial charge in [-0.1, -0.05) is 11.8 Å². The van der Waals surface area contributed by atoms with E-state index in [0.717, 1.165) is 10.7 Å². The third-order valence-corrected chi connectivity index (χ3v) is 5.19. The van der Waals surface area contributed by atoms with Gasteiger partial charge in [-0.2, -0.15) is 0 Å². The quantitative estimate of drug-likeness (QED) is 0.863. The van der Waals surface area contributed by atoms with Crippen molar-refractivity contribution in [3.05, 3.63) is 45.3 Å². The van der Waals surface area contributed by atoms with Crippen LogP contribution in [0.15, 0.2) is 28.6 Å². The minimum absolute atomic E-state index is 0.304. The number of nitrogens with two attached hydrogens (primary N) is 1. The Morgan fingerprint density at radius 1 is 1.33 bits per heavy atom. The van der Waals surface area contributed by atoms with E-state index in [0.29, 0.717) is 11.8 Å². The summed E-state index contributed by atoms with van der Waals surface area (Å²) in [6.45, 7) is 6.92. The molecule has 0 saturated carbocycles. The van der Waals surface area contributed by atoms with Crippen molar-refractivity contribution in [1.29, 1.82) is 0 Å². The summed E-state index contributed by atoms with van der Waals surface area (Å²) >= 11 is 3.54. The van der Waals surface area contributed by atoms with Crippen molar-refractivity contribution in [3.63, 3.8) is 0 Å². The molecule has 0 aromatic carbocycles. The summed E-state index contributed by atoms with van der Waals surface area (Å²) in [7, 11) is 0. The van der Waals surface area contributed by atoms with E-state index < -0.39 is 0 Å². The van der Waals surface area contributed by atoms with Crippen LogP contribution in [0.3, 0.4) is 0 Å². The number of aryl methyl sites for hydroxylation is 3. The Bertz CT molecular complexity index is 514. The van der Waals surface area contributed by atoms with E-state index in [1.54, 1.807) is 23.1 Å². The van der Waals surface area contributed by atoms with Gasteiger partial charge in [0.15, 0.2) is 0 Å². The zero-order valence-electron chi connectivity index (χ0n) is 10.9. The van der Waals surface area contributed by atoms with E-state index in [9.17, 15) is 0 Å². The maximum atomic E-state index is 5.91. The molecular formula is C14H18N2S2. The van der Waals surface area contributed by atoms with Gasteiger partial charge < -0.3 is 5.73 Å². The summed E-state index contributed by atoms with van der Waals surface area (Å²) in [5.41, 5.74) is 9.56. The van der Waals surface area contributed by atoms with E-state index in [4.69, 9.17) is 5.73 Å². The average Bonchev–Trinajstić information content (AvgIpc) is 2.71. The van der Waals surface area contributed by atoms with Crippen molar-refractivity contribution >= 4 is 23.1 Å². The van der Waals surface area contributed by atoms with Crippen LogP contribution in [0.25, 0.3) is 0 Å². The number of hydrogen-bond acceptors (Lipinski definition) is 4. The van der Waals surface area contributed by atoms with Crippen LogP contribution < -0.4 is 5.73 Å². The number of thioether (sulfide) groups is 1. The van der Waals surface area contributed by atoms with Gasteiger partial charge in [-0.3, -0.25) is 0 Å². The van der Waals surface area contributed by atoms with E-state index >= 15 is 0 Å². The molecule has 2 heterocycles. The first-order valence-electron chi connectivity index (χ1n) is 5.96. The summed E-state index contributed by atoms with van der Waals surface area (Å²) < 4.78 is 0. The van der Waals surface area contributed by atoms with Gasteiger partial charge in [0.05, 0.1) is 10.3 Å². The van der Waals surface area contributed by atoms with Crippen LogP contribution in [-0.2, 0) is 0 Å². The predicted molar refractivity (Wildman–Crippen MR) is 80.4 cm³/mol. The largest absolute Gasteiger partial charge is 0.329 e. The van der Waals surface area contributed by atoms with Crippen LogP contribution >= 0.6 is 23.1 Å². The molecule has 2 aromatic heterocycles. The molecule has 2 aromatic rings. The van der Waals surface area contributed by atoms with E-state index in [1.807, 2.05) is 6.92 Å². The second-order valence-electron chi connectivity index (χ2n) is 4.43. The van der Waals surface area contributed by atoms with Gasteiger partial charge in [-0.25, -0.2) is 4.98 Å².